The fourth-order valence-electron chi connectivity index (χ4n) is 4.60. The van der Waals surface area contributed by atoms with E-state index in [1.807, 2.05) is 18.2 Å². The molecular weight excluding hydrogens is 624 g/mol. The average Bonchev–Trinajstić information content (AvgIpc) is 3.54. The van der Waals surface area contributed by atoms with Gasteiger partial charge < -0.3 is 37.3 Å². The molecule has 0 aliphatic heterocycles. The van der Waals surface area contributed by atoms with Crippen LogP contribution in [0, 0.1) is 0 Å². The molecule has 0 saturated heterocycles. The average molecular weight is 655 g/mol. The van der Waals surface area contributed by atoms with Gasteiger partial charge in [-0.25, -0.2) is 0 Å². The Morgan fingerprint density at radius 2 is 1.53 bits per heavy atom. The minimum absolute atomic E-state index is 0.0224. The lowest BCUT2D eigenvalue weighted by atomic mass is 10.1. The maximum absolute atomic E-state index is 13.9. The molecule has 5 rings (SSSR count). The number of fused-ring (bicyclic) bond motifs is 1. The predicted molar refractivity (Wildman–Crippen MR) is 171 cm³/mol. The molecule has 3 aromatic carbocycles. The Bertz CT molecular complexity index is 1830. The summed E-state index contributed by atoms with van der Waals surface area (Å²) in [6.45, 7) is 0.238. The van der Waals surface area contributed by atoms with Gasteiger partial charge in [-0.2, -0.15) is 0 Å². The highest BCUT2D eigenvalue weighted by Gasteiger charge is 2.24. The van der Waals surface area contributed by atoms with Crippen molar-refractivity contribution in [2.45, 2.75) is 18.1 Å². The number of hydrogen-bond acceptors (Lipinski definition) is 12. The summed E-state index contributed by atoms with van der Waals surface area (Å²) < 4.78 is 45.7. The van der Waals surface area contributed by atoms with Crippen molar-refractivity contribution in [1.29, 1.82) is 0 Å². The molecule has 0 N–H and O–H groups in total. The molecule has 0 radical (unpaired) electrons. The first-order chi connectivity index (χ1) is 21.9. The quantitative estimate of drug-likeness (QED) is 0.0891. The van der Waals surface area contributed by atoms with Crippen LogP contribution in [0.3, 0.4) is 0 Å². The number of unbranched alkanes of at least 4 members (excludes halogenated alkanes) is 1. The molecule has 0 spiro atoms. The number of aromatic nitrogens is 2. The number of methoxy groups -OCH3 is 5. The van der Waals surface area contributed by atoms with Gasteiger partial charge >= 0.3 is 0 Å². The first-order valence-corrected chi connectivity index (χ1v) is 15.2. The molecule has 2 heterocycles. The molecule has 0 aliphatic carbocycles. The maximum atomic E-state index is 13.9. The number of benzene rings is 3. The summed E-state index contributed by atoms with van der Waals surface area (Å²) in [6, 6.07) is 13.9. The molecule has 2 aromatic heterocycles. The summed E-state index contributed by atoms with van der Waals surface area (Å²) in [5.74, 6) is 3.20. The first kappa shape index (κ1) is 31.9. The number of rotatable bonds is 14. The van der Waals surface area contributed by atoms with Crippen molar-refractivity contribution in [3.63, 3.8) is 0 Å². The van der Waals surface area contributed by atoms with Crippen molar-refractivity contribution in [1.82, 2.24) is 10.2 Å². The molecular formula is C32H31ClN2O9S. The third kappa shape index (κ3) is 6.76. The molecule has 0 atom stereocenters. The van der Waals surface area contributed by atoms with Gasteiger partial charge in [0, 0.05) is 23.4 Å². The van der Waals surface area contributed by atoms with E-state index in [2.05, 4.69) is 10.2 Å². The van der Waals surface area contributed by atoms with Crippen molar-refractivity contribution >= 4 is 34.3 Å². The summed E-state index contributed by atoms with van der Waals surface area (Å²) >= 11 is 7.67. The van der Waals surface area contributed by atoms with Crippen LogP contribution in [0.15, 0.2) is 67.4 Å². The molecule has 5 aromatic rings. The molecule has 0 bridgehead atoms. The van der Waals surface area contributed by atoms with E-state index < -0.39 is 5.43 Å². The lowest BCUT2D eigenvalue weighted by molar-refractivity contribution is 0.301. The topological polar surface area (TPSA) is 125 Å². The van der Waals surface area contributed by atoms with Crippen molar-refractivity contribution in [3.05, 3.63) is 63.8 Å². The molecule has 0 unspecified atom stereocenters. The van der Waals surface area contributed by atoms with E-state index >= 15 is 0 Å². The van der Waals surface area contributed by atoms with E-state index in [-0.39, 0.29) is 29.1 Å². The van der Waals surface area contributed by atoms with Gasteiger partial charge in [0.2, 0.25) is 22.8 Å². The van der Waals surface area contributed by atoms with E-state index in [9.17, 15) is 4.79 Å². The highest BCUT2D eigenvalue weighted by molar-refractivity contribution is 7.99. The first-order valence-electron chi connectivity index (χ1n) is 13.8. The van der Waals surface area contributed by atoms with Gasteiger partial charge in [0.1, 0.15) is 22.5 Å². The zero-order valence-corrected chi connectivity index (χ0v) is 26.9. The monoisotopic (exact) mass is 654 g/mol. The molecule has 236 valence electrons. The number of nitrogens with zero attached hydrogens (tertiary/aromatic N) is 2. The highest BCUT2D eigenvalue weighted by Crippen LogP contribution is 2.44. The standard InChI is InChI=1S/C32H31ClN2O9S/c1-37-19-16-22(38-2)26-23(17-19)43-28(18-14-24(39-3)29(41-5)25(15-18)40-4)30(27(26)36)42-12-8-9-13-45-32-35-34-31(44-32)20-10-6-7-11-21(20)33/h6-7,10-11,14-17H,8-9,12-13H2,1-5H3. The summed E-state index contributed by atoms with van der Waals surface area (Å²) in [7, 11) is 7.52. The number of halogens is 1. The van der Waals surface area contributed by atoms with Crippen molar-refractivity contribution in [2.75, 3.05) is 47.9 Å². The van der Waals surface area contributed by atoms with Crippen LogP contribution >= 0.6 is 23.4 Å². The van der Waals surface area contributed by atoms with Crippen LogP contribution in [0.25, 0.3) is 33.7 Å². The third-order valence-electron chi connectivity index (χ3n) is 6.79. The van der Waals surface area contributed by atoms with Crippen LogP contribution in [-0.4, -0.2) is 58.1 Å². The Balaban J connectivity index is 1.38. The lowest BCUT2D eigenvalue weighted by Crippen LogP contribution is -2.12. The Kier molecular flexibility index (Phi) is 10.3. The van der Waals surface area contributed by atoms with Crippen LogP contribution in [-0.2, 0) is 0 Å². The zero-order valence-electron chi connectivity index (χ0n) is 25.3. The Hall–Kier alpha value is -4.55. The predicted octanol–water partition coefficient (Wildman–Crippen LogP) is 7.16. The number of thioether (sulfide) groups is 1. The summed E-state index contributed by atoms with van der Waals surface area (Å²) in [4.78, 5) is 13.9. The fourth-order valence-corrected chi connectivity index (χ4v) is 5.58. The van der Waals surface area contributed by atoms with Crippen LogP contribution in [0.5, 0.6) is 34.5 Å². The van der Waals surface area contributed by atoms with Gasteiger partial charge in [-0.15, -0.1) is 10.2 Å². The zero-order chi connectivity index (χ0) is 31.9. The van der Waals surface area contributed by atoms with Gasteiger partial charge in [0.05, 0.1) is 52.7 Å². The van der Waals surface area contributed by atoms with Gasteiger partial charge in [-0.05, 0) is 37.1 Å². The second-order valence-corrected chi connectivity index (χ2v) is 10.9. The minimum Gasteiger partial charge on any atom is -0.496 e. The van der Waals surface area contributed by atoms with Crippen LogP contribution in [0.1, 0.15) is 12.8 Å². The molecule has 11 nitrogen and oxygen atoms in total. The minimum atomic E-state index is -0.396. The normalized spacial score (nSPS) is 11.0. The van der Waals surface area contributed by atoms with Crippen molar-refractivity contribution in [2.24, 2.45) is 0 Å². The lowest BCUT2D eigenvalue weighted by Gasteiger charge is -2.17. The molecule has 0 aliphatic rings. The Morgan fingerprint density at radius 3 is 2.20 bits per heavy atom. The number of hydrogen-bond donors (Lipinski definition) is 0. The number of ether oxygens (including phenoxy) is 6. The van der Waals surface area contributed by atoms with Gasteiger partial charge in [-0.1, -0.05) is 35.5 Å². The molecule has 0 saturated carbocycles. The maximum Gasteiger partial charge on any atom is 0.276 e. The summed E-state index contributed by atoms with van der Waals surface area (Å²) in [6.07, 6.45) is 1.37. The highest BCUT2D eigenvalue weighted by atomic mass is 35.5. The second kappa shape index (κ2) is 14.5. The summed E-state index contributed by atoms with van der Waals surface area (Å²) in [5, 5.41) is 9.41. The largest absolute Gasteiger partial charge is 0.496 e. The molecule has 0 fully saturated rings. The van der Waals surface area contributed by atoms with Crippen molar-refractivity contribution < 1.29 is 37.3 Å². The van der Waals surface area contributed by atoms with Crippen LogP contribution in [0.2, 0.25) is 5.02 Å². The van der Waals surface area contributed by atoms with E-state index in [0.29, 0.717) is 68.2 Å². The SMILES string of the molecule is COc1cc(OC)c2c(=O)c(OCCCCSc3nnc(-c4ccccc4Cl)o3)c(-c3cc(OC)c(OC)c(OC)c3)oc2c1. The van der Waals surface area contributed by atoms with Crippen LogP contribution in [0.4, 0.5) is 0 Å². The fraction of sp³-hybridized carbons (Fsp3) is 0.281. The van der Waals surface area contributed by atoms with E-state index in [0.717, 1.165) is 6.42 Å². The molecule has 0 amide bonds. The third-order valence-corrected chi connectivity index (χ3v) is 8.03. The summed E-state index contributed by atoms with van der Waals surface area (Å²) in [5.41, 5.74) is 1.03. The van der Waals surface area contributed by atoms with Gasteiger partial charge in [0.15, 0.2) is 17.3 Å². The van der Waals surface area contributed by atoms with Crippen LogP contribution < -0.4 is 33.8 Å². The second-order valence-electron chi connectivity index (χ2n) is 9.46. The Morgan fingerprint density at radius 1 is 0.800 bits per heavy atom. The van der Waals surface area contributed by atoms with Gasteiger partial charge in [0.25, 0.3) is 5.22 Å². The van der Waals surface area contributed by atoms with E-state index in [4.69, 9.17) is 48.9 Å². The van der Waals surface area contributed by atoms with Gasteiger partial charge in [-0.3, -0.25) is 4.79 Å². The smallest absolute Gasteiger partial charge is 0.276 e. The van der Waals surface area contributed by atoms with Crippen molar-refractivity contribution in [3.8, 4) is 57.3 Å². The van der Waals surface area contributed by atoms with E-state index in [1.165, 1.54) is 47.3 Å². The Labute approximate surface area is 268 Å². The molecule has 45 heavy (non-hydrogen) atoms. The van der Waals surface area contributed by atoms with E-state index in [1.54, 1.807) is 30.3 Å². The molecule has 13 heteroatoms.